The van der Waals surface area contributed by atoms with Gasteiger partial charge in [-0.15, -0.1) is 0 Å². The normalized spacial score (nSPS) is 20.7. The van der Waals surface area contributed by atoms with Crippen LogP contribution in [0.3, 0.4) is 0 Å². The van der Waals surface area contributed by atoms with Gasteiger partial charge in [0.25, 0.3) is 0 Å². The van der Waals surface area contributed by atoms with Gasteiger partial charge in [-0.25, -0.2) is 18.1 Å². The molecule has 0 radical (unpaired) electrons. The number of hydrogen-bond acceptors (Lipinski definition) is 4. The Kier molecular flexibility index (Phi) is 3.26. The first-order valence-corrected chi connectivity index (χ1v) is 7.80. The van der Waals surface area contributed by atoms with Gasteiger partial charge in [-0.1, -0.05) is 0 Å². The molecule has 0 bridgehead atoms. The van der Waals surface area contributed by atoms with Crippen molar-refractivity contribution in [2.75, 3.05) is 13.1 Å². The van der Waals surface area contributed by atoms with Crippen molar-refractivity contribution < 1.29 is 8.42 Å². The highest BCUT2D eigenvalue weighted by atomic mass is 32.2. The Labute approximate surface area is 111 Å². The van der Waals surface area contributed by atoms with Crippen LogP contribution in [0.2, 0.25) is 0 Å². The highest BCUT2D eigenvalue weighted by Gasteiger charge is 2.24. The Bertz CT molecular complexity index is 674. The molecule has 0 aromatic carbocycles. The van der Waals surface area contributed by atoms with Crippen LogP contribution in [0.5, 0.6) is 0 Å². The zero-order valence-electron chi connectivity index (χ0n) is 10.4. The molecule has 0 spiro atoms. The fourth-order valence-electron chi connectivity index (χ4n) is 2.39. The summed E-state index contributed by atoms with van der Waals surface area (Å²) in [7, 11) is -3.50. The van der Waals surface area contributed by atoms with E-state index < -0.39 is 10.0 Å². The molecule has 0 saturated carbocycles. The number of rotatable bonds is 3. The summed E-state index contributed by atoms with van der Waals surface area (Å²) in [6, 6.07) is 3.45. The van der Waals surface area contributed by atoms with Gasteiger partial charge in [0.1, 0.15) is 10.5 Å². The maximum atomic E-state index is 12.4. The Hall–Kier alpha value is -1.44. The van der Waals surface area contributed by atoms with Gasteiger partial charge < -0.3 is 10.3 Å². The molecule has 1 atom stereocenters. The lowest BCUT2D eigenvalue weighted by molar-refractivity contribution is 0.429. The monoisotopic (exact) mass is 280 g/mol. The lowest BCUT2D eigenvalue weighted by Crippen LogP contribution is -2.45. The number of nitrogens with zero attached hydrogens (tertiary/aromatic N) is 1. The van der Waals surface area contributed by atoms with Gasteiger partial charge in [-0.3, -0.25) is 0 Å². The topological polar surface area (TPSA) is 86.9 Å². The molecular weight excluding hydrogens is 264 g/mol. The molecule has 0 aliphatic carbocycles. The van der Waals surface area contributed by atoms with Crippen LogP contribution in [0.4, 0.5) is 0 Å². The SMILES string of the molecule is O=S(=O)(N[C@@H]1CCCNC1)c1c[nH]c2ncccc12. The Morgan fingerprint density at radius 1 is 1.42 bits per heavy atom. The lowest BCUT2D eigenvalue weighted by atomic mass is 10.1. The molecular formula is C12H16N4O2S. The standard InChI is InChI=1S/C12H16N4O2S/c17-19(18,16-9-3-1-5-13-7-9)11-8-15-12-10(11)4-2-6-14-12/h2,4,6,8-9,13,16H,1,3,5,7H2,(H,14,15)/t9-/m1/s1. The van der Waals surface area contributed by atoms with Crippen molar-refractivity contribution in [2.24, 2.45) is 0 Å². The predicted octanol–water partition coefficient (Wildman–Crippen LogP) is 0.593. The van der Waals surface area contributed by atoms with E-state index in [1.807, 2.05) is 0 Å². The third-order valence-electron chi connectivity index (χ3n) is 3.32. The molecule has 1 aliphatic heterocycles. The second kappa shape index (κ2) is 4.92. The maximum absolute atomic E-state index is 12.4. The predicted molar refractivity (Wildman–Crippen MR) is 72.3 cm³/mol. The molecule has 2 aromatic rings. The highest BCUT2D eigenvalue weighted by molar-refractivity contribution is 7.89. The third kappa shape index (κ3) is 2.49. The second-order valence-electron chi connectivity index (χ2n) is 4.72. The first-order valence-electron chi connectivity index (χ1n) is 6.32. The van der Waals surface area contributed by atoms with Gasteiger partial charge in [-0.05, 0) is 31.5 Å². The molecule has 102 valence electrons. The van der Waals surface area contributed by atoms with Crippen LogP contribution in [0.1, 0.15) is 12.8 Å². The van der Waals surface area contributed by atoms with E-state index in [1.54, 1.807) is 18.3 Å². The van der Waals surface area contributed by atoms with Crippen LogP contribution < -0.4 is 10.0 Å². The van der Waals surface area contributed by atoms with Gasteiger partial charge >= 0.3 is 0 Å². The van der Waals surface area contributed by atoms with Gasteiger partial charge in [0.15, 0.2) is 0 Å². The van der Waals surface area contributed by atoms with E-state index >= 15 is 0 Å². The summed E-state index contributed by atoms with van der Waals surface area (Å²) in [5.41, 5.74) is 0.588. The number of H-pyrrole nitrogens is 1. The summed E-state index contributed by atoms with van der Waals surface area (Å²) >= 11 is 0. The van der Waals surface area contributed by atoms with Crippen molar-refractivity contribution in [3.05, 3.63) is 24.5 Å². The fraction of sp³-hybridized carbons (Fsp3) is 0.417. The van der Waals surface area contributed by atoms with Crippen LogP contribution in [-0.4, -0.2) is 37.5 Å². The lowest BCUT2D eigenvalue weighted by Gasteiger charge is -2.23. The summed E-state index contributed by atoms with van der Waals surface area (Å²) in [4.78, 5) is 7.25. The van der Waals surface area contributed by atoms with Crippen molar-refractivity contribution in [3.8, 4) is 0 Å². The fourth-order valence-corrected chi connectivity index (χ4v) is 3.82. The molecule has 1 fully saturated rings. The number of sulfonamides is 1. The molecule has 19 heavy (non-hydrogen) atoms. The van der Waals surface area contributed by atoms with E-state index in [0.29, 0.717) is 17.6 Å². The number of fused-ring (bicyclic) bond motifs is 1. The van der Waals surface area contributed by atoms with Crippen molar-refractivity contribution in [3.63, 3.8) is 0 Å². The average Bonchev–Trinajstić information content (AvgIpc) is 2.84. The minimum Gasteiger partial charge on any atom is -0.345 e. The number of pyridine rings is 1. The summed E-state index contributed by atoms with van der Waals surface area (Å²) < 4.78 is 27.5. The Balaban J connectivity index is 1.91. The molecule has 1 aliphatic rings. The van der Waals surface area contributed by atoms with E-state index in [2.05, 4.69) is 20.0 Å². The minimum atomic E-state index is -3.50. The van der Waals surface area contributed by atoms with Crippen LogP contribution in [0.15, 0.2) is 29.4 Å². The zero-order valence-corrected chi connectivity index (χ0v) is 11.2. The van der Waals surface area contributed by atoms with Gasteiger partial charge in [0.05, 0.1) is 0 Å². The first kappa shape index (κ1) is 12.6. The molecule has 2 aromatic heterocycles. The van der Waals surface area contributed by atoms with Crippen LogP contribution in [-0.2, 0) is 10.0 Å². The molecule has 3 N–H and O–H groups in total. The molecule has 3 heterocycles. The Morgan fingerprint density at radius 2 is 2.32 bits per heavy atom. The molecule has 7 heteroatoms. The van der Waals surface area contributed by atoms with Crippen molar-refractivity contribution >= 4 is 21.1 Å². The first-order chi connectivity index (χ1) is 9.17. The van der Waals surface area contributed by atoms with Gasteiger partial charge in [-0.2, -0.15) is 0 Å². The quantitative estimate of drug-likeness (QED) is 0.768. The van der Waals surface area contributed by atoms with Crippen LogP contribution in [0, 0.1) is 0 Å². The number of hydrogen-bond donors (Lipinski definition) is 3. The van der Waals surface area contributed by atoms with E-state index in [9.17, 15) is 8.42 Å². The van der Waals surface area contributed by atoms with Crippen LogP contribution >= 0.6 is 0 Å². The second-order valence-corrected chi connectivity index (χ2v) is 6.40. The Morgan fingerprint density at radius 3 is 3.11 bits per heavy atom. The summed E-state index contributed by atoms with van der Waals surface area (Å²) in [5, 5.41) is 3.82. The highest BCUT2D eigenvalue weighted by Crippen LogP contribution is 2.21. The third-order valence-corrected chi connectivity index (χ3v) is 4.88. The van der Waals surface area contributed by atoms with E-state index in [0.717, 1.165) is 19.4 Å². The molecule has 0 amide bonds. The van der Waals surface area contributed by atoms with Crippen LogP contribution in [0.25, 0.3) is 11.0 Å². The van der Waals surface area contributed by atoms with Gasteiger partial charge in [0, 0.05) is 30.4 Å². The van der Waals surface area contributed by atoms with Crippen molar-refractivity contribution in [1.29, 1.82) is 0 Å². The smallest absolute Gasteiger partial charge is 0.243 e. The van der Waals surface area contributed by atoms with E-state index in [4.69, 9.17) is 0 Å². The van der Waals surface area contributed by atoms with Crippen molar-refractivity contribution in [1.82, 2.24) is 20.0 Å². The number of aromatic amines is 1. The van der Waals surface area contributed by atoms with Gasteiger partial charge in [0.2, 0.25) is 10.0 Å². The summed E-state index contributed by atoms with van der Waals surface area (Å²) in [5.74, 6) is 0. The number of piperidine rings is 1. The van der Waals surface area contributed by atoms with E-state index in [-0.39, 0.29) is 10.9 Å². The molecule has 6 nitrogen and oxygen atoms in total. The summed E-state index contributed by atoms with van der Waals surface area (Å²) in [6.45, 7) is 1.63. The number of aromatic nitrogens is 2. The molecule has 1 saturated heterocycles. The largest absolute Gasteiger partial charge is 0.345 e. The zero-order chi connectivity index (χ0) is 13.3. The van der Waals surface area contributed by atoms with E-state index in [1.165, 1.54) is 6.20 Å². The molecule has 3 rings (SSSR count). The maximum Gasteiger partial charge on any atom is 0.243 e. The summed E-state index contributed by atoms with van der Waals surface area (Å²) in [6.07, 6.45) is 4.99. The van der Waals surface area contributed by atoms with Crippen molar-refractivity contribution in [2.45, 2.75) is 23.8 Å². The average molecular weight is 280 g/mol. The number of nitrogens with one attached hydrogen (secondary N) is 3. The molecule has 0 unspecified atom stereocenters. The minimum absolute atomic E-state index is 0.0413.